The molecule has 2 N–H and O–H groups in total. The molecule has 0 atom stereocenters. The first kappa shape index (κ1) is 13.5. The van der Waals surface area contributed by atoms with Crippen molar-refractivity contribution in [2.24, 2.45) is 0 Å². The first-order valence-corrected chi connectivity index (χ1v) is 6.60. The van der Waals surface area contributed by atoms with E-state index in [9.17, 15) is 0 Å². The van der Waals surface area contributed by atoms with Gasteiger partial charge in [0.2, 0.25) is 5.88 Å². The number of nitrogen functional groups attached to an aromatic ring is 1. The number of hydrogen-bond donors (Lipinski definition) is 1. The SMILES string of the molecule is CCN(CC)CCOc1ncnc2cc(N)ccc12. The number of nitrogens with two attached hydrogens (primary N) is 1. The molecule has 19 heavy (non-hydrogen) atoms. The van der Waals surface area contributed by atoms with Crippen molar-refractivity contribution < 1.29 is 4.74 Å². The zero-order valence-electron chi connectivity index (χ0n) is 11.5. The summed E-state index contributed by atoms with van der Waals surface area (Å²) < 4.78 is 5.76. The van der Waals surface area contributed by atoms with Gasteiger partial charge < -0.3 is 15.4 Å². The molecule has 0 saturated carbocycles. The summed E-state index contributed by atoms with van der Waals surface area (Å²) >= 11 is 0. The van der Waals surface area contributed by atoms with E-state index >= 15 is 0 Å². The van der Waals surface area contributed by atoms with Gasteiger partial charge in [0.25, 0.3) is 0 Å². The number of hydrogen-bond acceptors (Lipinski definition) is 5. The first-order valence-electron chi connectivity index (χ1n) is 6.60. The molecular weight excluding hydrogens is 240 g/mol. The van der Waals surface area contributed by atoms with Crippen LogP contribution in [0.4, 0.5) is 5.69 Å². The van der Waals surface area contributed by atoms with Crippen molar-refractivity contribution in [1.29, 1.82) is 0 Å². The molecule has 0 saturated heterocycles. The van der Waals surface area contributed by atoms with Crippen molar-refractivity contribution in [1.82, 2.24) is 14.9 Å². The Labute approximate surface area is 113 Å². The normalized spacial score (nSPS) is 11.1. The highest BCUT2D eigenvalue weighted by Gasteiger charge is 2.06. The molecule has 0 amide bonds. The Kier molecular flexibility index (Phi) is 4.52. The van der Waals surface area contributed by atoms with Crippen LogP contribution in [0.2, 0.25) is 0 Å². The lowest BCUT2D eigenvalue weighted by Gasteiger charge is -2.18. The zero-order chi connectivity index (χ0) is 13.7. The molecular formula is C14H20N4O. The minimum atomic E-state index is 0.622. The van der Waals surface area contributed by atoms with Gasteiger partial charge in [-0.05, 0) is 31.3 Å². The molecule has 102 valence electrons. The van der Waals surface area contributed by atoms with Crippen LogP contribution in [0.1, 0.15) is 13.8 Å². The molecule has 1 heterocycles. The minimum absolute atomic E-state index is 0.622. The number of rotatable bonds is 6. The van der Waals surface area contributed by atoms with Crippen molar-refractivity contribution >= 4 is 16.6 Å². The minimum Gasteiger partial charge on any atom is -0.476 e. The topological polar surface area (TPSA) is 64.3 Å². The molecule has 1 aromatic heterocycles. The molecule has 0 spiro atoms. The summed E-state index contributed by atoms with van der Waals surface area (Å²) in [6.07, 6.45) is 1.51. The monoisotopic (exact) mass is 260 g/mol. The summed E-state index contributed by atoms with van der Waals surface area (Å²) in [5.41, 5.74) is 7.25. The van der Waals surface area contributed by atoms with Gasteiger partial charge in [-0.2, -0.15) is 0 Å². The van der Waals surface area contributed by atoms with Crippen molar-refractivity contribution in [3.8, 4) is 5.88 Å². The molecule has 0 fully saturated rings. The van der Waals surface area contributed by atoms with E-state index in [4.69, 9.17) is 10.5 Å². The zero-order valence-corrected chi connectivity index (χ0v) is 11.5. The molecule has 2 rings (SSSR count). The summed E-state index contributed by atoms with van der Waals surface area (Å²) in [5.74, 6) is 0.622. The number of likely N-dealkylation sites (N-methyl/N-ethyl adjacent to an activating group) is 1. The molecule has 0 aliphatic carbocycles. The highest BCUT2D eigenvalue weighted by molar-refractivity contribution is 5.85. The summed E-state index contributed by atoms with van der Waals surface area (Å²) in [6, 6.07) is 5.56. The molecule has 1 aromatic carbocycles. The third kappa shape index (κ3) is 3.32. The molecule has 5 nitrogen and oxygen atoms in total. The third-order valence-corrected chi connectivity index (χ3v) is 3.16. The maximum Gasteiger partial charge on any atom is 0.224 e. The Morgan fingerprint density at radius 2 is 2.00 bits per heavy atom. The van der Waals surface area contributed by atoms with Gasteiger partial charge in [-0.3, -0.25) is 0 Å². The highest BCUT2D eigenvalue weighted by Crippen LogP contribution is 2.22. The molecule has 0 unspecified atom stereocenters. The largest absolute Gasteiger partial charge is 0.476 e. The summed E-state index contributed by atoms with van der Waals surface area (Å²) in [6.45, 7) is 7.87. The maximum atomic E-state index is 5.76. The number of aromatic nitrogens is 2. The van der Waals surface area contributed by atoms with E-state index in [1.165, 1.54) is 6.33 Å². The Morgan fingerprint density at radius 3 is 2.74 bits per heavy atom. The molecule has 5 heteroatoms. The fourth-order valence-electron chi connectivity index (χ4n) is 1.98. The molecule has 0 bridgehead atoms. The second-order valence-corrected chi connectivity index (χ2v) is 4.33. The van der Waals surface area contributed by atoms with Gasteiger partial charge in [0.15, 0.2) is 0 Å². The van der Waals surface area contributed by atoms with E-state index in [2.05, 4.69) is 28.7 Å². The van der Waals surface area contributed by atoms with E-state index in [0.29, 0.717) is 18.2 Å². The van der Waals surface area contributed by atoms with Crippen molar-refractivity contribution in [2.75, 3.05) is 32.0 Å². The Hall–Kier alpha value is -1.88. The van der Waals surface area contributed by atoms with Gasteiger partial charge in [0, 0.05) is 12.2 Å². The van der Waals surface area contributed by atoms with Gasteiger partial charge in [0.05, 0.1) is 10.9 Å². The van der Waals surface area contributed by atoms with Crippen LogP contribution < -0.4 is 10.5 Å². The van der Waals surface area contributed by atoms with E-state index in [0.717, 1.165) is 30.5 Å². The van der Waals surface area contributed by atoms with Crippen LogP contribution in [-0.2, 0) is 0 Å². The van der Waals surface area contributed by atoms with Gasteiger partial charge in [-0.15, -0.1) is 0 Å². The van der Waals surface area contributed by atoms with Crippen molar-refractivity contribution in [3.63, 3.8) is 0 Å². The van der Waals surface area contributed by atoms with Gasteiger partial charge in [-0.1, -0.05) is 13.8 Å². The lowest BCUT2D eigenvalue weighted by molar-refractivity contribution is 0.219. The van der Waals surface area contributed by atoms with Crippen LogP contribution in [0.3, 0.4) is 0 Å². The molecule has 0 radical (unpaired) electrons. The van der Waals surface area contributed by atoms with Crippen LogP contribution in [0, 0.1) is 0 Å². The second kappa shape index (κ2) is 6.33. The second-order valence-electron chi connectivity index (χ2n) is 4.33. The first-order chi connectivity index (χ1) is 9.24. The number of ether oxygens (including phenoxy) is 1. The lowest BCUT2D eigenvalue weighted by Crippen LogP contribution is -2.28. The quantitative estimate of drug-likeness (QED) is 0.804. The Morgan fingerprint density at radius 1 is 1.21 bits per heavy atom. The molecule has 2 aromatic rings. The standard InChI is InChI=1S/C14H20N4O/c1-3-18(4-2)7-8-19-14-12-6-5-11(15)9-13(12)16-10-17-14/h5-6,9-10H,3-4,7-8,15H2,1-2H3. The highest BCUT2D eigenvalue weighted by atomic mass is 16.5. The number of benzene rings is 1. The molecule has 0 aliphatic rings. The number of fused-ring (bicyclic) bond motifs is 1. The number of anilines is 1. The molecule has 0 aliphatic heterocycles. The van der Waals surface area contributed by atoms with Crippen LogP contribution in [0.25, 0.3) is 10.9 Å². The average Bonchev–Trinajstić information content (AvgIpc) is 2.43. The summed E-state index contributed by atoms with van der Waals surface area (Å²) in [4.78, 5) is 10.7. The van der Waals surface area contributed by atoms with Crippen LogP contribution in [0.5, 0.6) is 5.88 Å². The number of nitrogens with zero attached hydrogens (tertiary/aromatic N) is 3. The summed E-state index contributed by atoms with van der Waals surface area (Å²) in [7, 11) is 0. The average molecular weight is 260 g/mol. The Balaban J connectivity index is 2.08. The smallest absolute Gasteiger partial charge is 0.224 e. The van der Waals surface area contributed by atoms with E-state index in [1.54, 1.807) is 0 Å². The fourth-order valence-corrected chi connectivity index (χ4v) is 1.98. The van der Waals surface area contributed by atoms with Gasteiger partial charge in [0.1, 0.15) is 12.9 Å². The predicted molar refractivity (Wildman–Crippen MR) is 77.2 cm³/mol. The predicted octanol–water partition coefficient (Wildman–Crippen LogP) is 1.93. The van der Waals surface area contributed by atoms with Crippen LogP contribution >= 0.6 is 0 Å². The fraction of sp³-hybridized carbons (Fsp3) is 0.429. The van der Waals surface area contributed by atoms with Crippen LogP contribution in [-0.4, -0.2) is 41.1 Å². The van der Waals surface area contributed by atoms with E-state index < -0.39 is 0 Å². The third-order valence-electron chi connectivity index (χ3n) is 3.16. The van der Waals surface area contributed by atoms with Crippen LogP contribution in [0.15, 0.2) is 24.5 Å². The lowest BCUT2D eigenvalue weighted by atomic mass is 10.2. The van der Waals surface area contributed by atoms with Crippen molar-refractivity contribution in [3.05, 3.63) is 24.5 Å². The van der Waals surface area contributed by atoms with E-state index in [-0.39, 0.29) is 0 Å². The van der Waals surface area contributed by atoms with Gasteiger partial charge >= 0.3 is 0 Å². The van der Waals surface area contributed by atoms with Gasteiger partial charge in [-0.25, -0.2) is 9.97 Å². The van der Waals surface area contributed by atoms with E-state index in [1.807, 2.05) is 18.2 Å². The summed E-state index contributed by atoms with van der Waals surface area (Å²) in [5, 5.41) is 0.899. The van der Waals surface area contributed by atoms with Crippen molar-refractivity contribution in [2.45, 2.75) is 13.8 Å². The maximum absolute atomic E-state index is 5.76. The Bertz CT molecular complexity index is 540.